The number of nitrogens with zero attached hydrogens (tertiary/aromatic N) is 3. The Hall–Kier alpha value is -3.32. The van der Waals surface area contributed by atoms with Crippen LogP contribution in [-0.4, -0.2) is 37.6 Å². The summed E-state index contributed by atoms with van der Waals surface area (Å²) in [7, 11) is 0. The van der Waals surface area contributed by atoms with E-state index in [4.69, 9.17) is 11.6 Å². The van der Waals surface area contributed by atoms with E-state index in [9.17, 15) is 41.0 Å². The fraction of sp³-hybridized carbons (Fsp3) is 0.348. The highest BCUT2D eigenvalue weighted by molar-refractivity contribution is 6.30. The highest BCUT2D eigenvalue weighted by Gasteiger charge is 2.39. The van der Waals surface area contributed by atoms with Crippen molar-refractivity contribution in [1.29, 1.82) is 0 Å². The van der Waals surface area contributed by atoms with Crippen LogP contribution in [-0.2, 0) is 24.1 Å². The average molecular weight is 551 g/mol. The summed E-state index contributed by atoms with van der Waals surface area (Å²) in [4.78, 5) is 25.5. The van der Waals surface area contributed by atoms with E-state index >= 15 is 0 Å². The van der Waals surface area contributed by atoms with Gasteiger partial charge in [0.2, 0.25) is 5.91 Å². The number of alkyl halides is 6. The van der Waals surface area contributed by atoms with Crippen molar-refractivity contribution in [3.8, 4) is 11.4 Å². The molecule has 3 aromatic rings. The second kappa shape index (κ2) is 11.0. The maximum Gasteiger partial charge on any atom is 0.416 e. The van der Waals surface area contributed by atoms with Crippen molar-refractivity contribution in [2.75, 3.05) is 0 Å². The molecule has 0 aliphatic carbocycles. The van der Waals surface area contributed by atoms with Gasteiger partial charge in [0.15, 0.2) is 11.9 Å². The van der Waals surface area contributed by atoms with E-state index in [0.29, 0.717) is 14.3 Å². The molecule has 37 heavy (non-hydrogen) atoms. The maximum atomic E-state index is 13.1. The molecule has 0 bridgehead atoms. The molecule has 0 spiro atoms. The number of aromatic nitrogens is 3. The fourth-order valence-electron chi connectivity index (χ4n) is 3.53. The van der Waals surface area contributed by atoms with E-state index in [-0.39, 0.29) is 23.4 Å². The first-order chi connectivity index (χ1) is 17.2. The van der Waals surface area contributed by atoms with Gasteiger partial charge in [-0.15, -0.1) is 5.10 Å². The molecule has 0 saturated carbocycles. The van der Waals surface area contributed by atoms with E-state index in [0.717, 1.165) is 12.1 Å². The van der Waals surface area contributed by atoms with Crippen LogP contribution in [0.5, 0.6) is 0 Å². The van der Waals surface area contributed by atoms with Gasteiger partial charge in [0.25, 0.3) is 0 Å². The summed E-state index contributed by atoms with van der Waals surface area (Å²) in [6, 6.07) is 9.17. The Morgan fingerprint density at radius 1 is 1.11 bits per heavy atom. The second-order valence-electron chi connectivity index (χ2n) is 8.09. The normalized spacial score (nSPS) is 13.9. The third-order valence-corrected chi connectivity index (χ3v) is 5.66. The zero-order valence-electron chi connectivity index (χ0n) is 19.1. The SMILES string of the molecule is CCC(NC(=O)Cn1nc(-c2ccc(Cl)cc2)n(C[C@H](O)C(F)(F)F)c1=O)c1cccc(C(F)(F)F)c1. The minimum absolute atomic E-state index is 0.179. The number of halogens is 7. The van der Waals surface area contributed by atoms with Crippen LogP contribution in [0.2, 0.25) is 5.02 Å². The Bertz CT molecular complexity index is 1300. The van der Waals surface area contributed by atoms with Gasteiger partial charge in [0.05, 0.1) is 18.2 Å². The Balaban J connectivity index is 1.89. The molecular formula is C23H21ClF6N4O3. The minimum atomic E-state index is -5.02. The summed E-state index contributed by atoms with van der Waals surface area (Å²) in [5.74, 6) is -1.06. The number of hydrogen-bond donors (Lipinski definition) is 2. The highest BCUT2D eigenvalue weighted by atomic mass is 35.5. The van der Waals surface area contributed by atoms with Crippen LogP contribution in [0, 0.1) is 0 Å². The first-order valence-electron chi connectivity index (χ1n) is 10.9. The molecule has 0 radical (unpaired) electrons. The molecule has 1 heterocycles. The van der Waals surface area contributed by atoms with Crippen molar-refractivity contribution in [3.63, 3.8) is 0 Å². The van der Waals surface area contributed by atoms with Crippen molar-refractivity contribution < 1.29 is 36.2 Å². The molecule has 1 amide bonds. The Labute approximate surface area is 211 Å². The standard InChI is InChI=1S/C23H21ClF6N4O3/c1-2-17(14-4-3-5-15(10-14)22(25,26)27)31-19(36)12-34-21(37)33(11-18(35)23(28,29)30)20(32-34)13-6-8-16(24)9-7-13/h3-10,17-18,35H,2,11-12H2,1H3,(H,31,36)/t17?,18-/m0/s1. The van der Waals surface area contributed by atoms with Crippen molar-refractivity contribution in [2.45, 2.75) is 50.9 Å². The predicted molar refractivity (Wildman–Crippen MR) is 122 cm³/mol. The molecule has 2 N–H and O–H groups in total. The number of carbonyl (C=O) groups excluding carboxylic acids is 1. The first kappa shape index (κ1) is 28.3. The summed E-state index contributed by atoms with van der Waals surface area (Å²) in [5, 5.41) is 16.3. The number of amides is 1. The van der Waals surface area contributed by atoms with Crippen LogP contribution in [0.3, 0.4) is 0 Å². The third kappa shape index (κ3) is 6.92. The number of rotatable bonds is 8. The number of nitrogens with one attached hydrogen (secondary N) is 1. The lowest BCUT2D eigenvalue weighted by molar-refractivity contribution is -0.207. The summed E-state index contributed by atoms with van der Waals surface area (Å²) in [6.07, 6.45) is -12.3. The number of carbonyl (C=O) groups is 1. The van der Waals surface area contributed by atoms with Gasteiger partial charge in [-0.1, -0.05) is 30.7 Å². The molecule has 2 atom stereocenters. The number of benzene rings is 2. The topological polar surface area (TPSA) is 89.2 Å². The molecule has 0 fully saturated rings. The summed E-state index contributed by atoms with van der Waals surface area (Å²) >= 11 is 5.84. The van der Waals surface area contributed by atoms with Crippen LogP contribution in [0.1, 0.15) is 30.5 Å². The summed E-state index contributed by atoms with van der Waals surface area (Å²) in [5.41, 5.74) is -1.62. The number of aliphatic hydroxyl groups is 1. The average Bonchev–Trinajstić information content (AvgIpc) is 3.11. The minimum Gasteiger partial charge on any atom is -0.382 e. The van der Waals surface area contributed by atoms with Gasteiger partial charge < -0.3 is 10.4 Å². The van der Waals surface area contributed by atoms with Crippen LogP contribution in [0.4, 0.5) is 26.3 Å². The summed E-state index contributed by atoms with van der Waals surface area (Å²) in [6.45, 7) is -0.281. The lowest BCUT2D eigenvalue weighted by Gasteiger charge is -2.19. The van der Waals surface area contributed by atoms with Gasteiger partial charge in [0, 0.05) is 10.6 Å². The monoisotopic (exact) mass is 550 g/mol. The van der Waals surface area contributed by atoms with Gasteiger partial charge in [-0.05, 0) is 48.4 Å². The van der Waals surface area contributed by atoms with E-state index in [1.807, 2.05) is 0 Å². The molecule has 200 valence electrons. The zero-order valence-corrected chi connectivity index (χ0v) is 19.9. The molecule has 0 aliphatic rings. The zero-order chi connectivity index (χ0) is 27.5. The Kier molecular flexibility index (Phi) is 8.38. The van der Waals surface area contributed by atoms with Gasteiger partial charge >= 0.3 is 18.0 Å². The molecule has 7 nitrogen and oxygen atoms in total. The lowest BCUT2D eigenvalue weighted by atomic mass is 10.0. The molecule has 1 aromatic heterocycles. The predicted octanol–water partition coefficient (Wildman–Crippen LogP) is 4.57. The molecule has 3 rings (SSSR count). The van der Waals surface area contributed by atoms with Gasteiger partial charge in [-0.25, -0.2) is 9.48 Å². The van der Waals surface area contributed by atoms with Gasteiger partial charge in [0.1, 0.15) is 6.54 Å². The quantitative estimate of drug-likeness (QED) is 0.402. The smallest absolute Gasteiger partial charge is 0.382 e. The van der Waals surface area contributed by atoms with Crippen molar-refractivity contribution >= 4 is 17.5 Å². The molecule has 0 saturated heterocycles. The maximum absolute atomic E-state index is 13.1. The van der Waals surface area contributed by atoms with Crippen molar-refractivity contribution in [3.05, 3.63) is 75.2 Å². The molecule has 1 unspecified atom stereocenters. The molecule has 0 aliphatic heterocycles. The van der Waals surface area contributed by atoms with Crippen LogP contribution < -0.4 is 11.0 Å². The van der Waals surface area contributed by atoms with Gasteiger partial charge in [-0.2, -0.15) is 26.3 Å². The van der Waals surface area contributed by atoms with E-state index in [1.54, 1.807) is 6.92 Å². The van der Waals surface area contributed by atoms with Gasteiger partial charge in [-0.3, -0.25) is 9.36 Å². The number of aliphatic hydroxyl groups excluding tert-OH is 1. The Morgan fingerprint density at radius 2 is 1.76 bits per heavy atom. The molecular weight excluding hydrogens is 530 g/mol. The van der Waals surface area contributed by atoms with Crippen molar-refractivity contribution in [1.82, 2.24) is 19.7 Å². The lowest BCUT2D eigenvalue weighted by Crippen LogP contribution is -2.39. The van der Waals surface area contributed by atoms with Crippen LogP contribution in [0.15, 0.2) is 53.3 Å². The Morgan fingerprint density at radius 3 is 2.32 bits per heavy atom. The van der Waals surface area contributed by atoms with E-state index in [1.165, 1.54) is 36.4 Å². The second-order valence-corrected chi connectivity index (χ2v) is 8.53. The third-order valence-electron chi connectivity index (χ3n) is 5.41. The van der Waals surface area contributed by atoms with Crippen LogP contribution >= 0.6 is 11.6 Å². The van der Waals surface area contributed by atoms with E-state index in [2.05, 4.69) is 10.4 Å². The van der Waals surface area contributed by atoms with Crippen molar-refractivity contribution in [2.24, 2.45) is 0 Å². The van der Waals surface area contributed by atoms with E-state index < -0.39 is 54.7 Å². The largest absolute Gasteiger partial charge is 0.416 e. The van der Waals surface area contributed by atoms with Crippen LogP contribution in [0.25, 0.3) is 11.4 Å². The fourth-order valence-corrected chi connectivity index (χ4v) is 3.65. The first-order valence-corrected chi connectivity index (χ1v) is 11.2. The molecule has 14 heteroatoms. The highest BCUT2D eigenvalue weighted by Crippen LogP contribution is 2.31. The molecule has 2 aromatic carbocycles. The number of hydrogen-bond acceptors (Lipinski definition) is 4. The summed E-state index contributed by atoms with van der Waals surface area (Å²) < 4.78 is 79.3.